The van der Waals surface area contributed by atoms with Gasteiger partial charge in [-0.3, -0.25) is 0 Å². The van der Waals surface area contributed by atoms with Crippen molar-refractivity contribution in [2.45, 2.75) is 6.92 Å². The van der Waals surface area contributed by atoms with E-state index in [1.165, 1.54) is 18.2 Å². The largest absolute Gasteiger partial charge is 0.422 e. The van der Waals surface area contributed by atoms with Crippen molar-refractivity contribution in [2.24, 2.45) is 0 Å². The van der Waals surface area contributed by atoms with Gasteiger partial charge in [-0.1, -0.05) is 0 Å². The fourth-order valence-corrected chi connectivity index (χ4v) is 1.34. The molecule has 2 N–H and O–H groups in total. The second-order valence-corrected chi connectivity index (χ2v) is 3.57. The molecule has 1 heterocycles. The van der Waals surface area contributed by atoms with Crippen molar-refractivity contribution in [3.8, 4) is 17.8 Å². The Morgan fingerprint density at radius 2 is 2.11 bits per heavy atom. The number of nitrogen functional groups attached to an aromatic ring is 1. The molecule has 2 aromatic rings. The summed E-state index contributed by atoms with van der Waals surface area (Å²) in [6, 6.07) is 7.10. The summed E-state index contributed by atoms with van der Waals surface area (Å²) in [6.07, 6.45) is 0. The molecular formula is C12H9FN4O. The molecule has 2 rings (SSSR count). The fourth-order valence-electron chi connectivity index (χ4n) is 1.34. The second-order valence-electron chi connectivity index (χ2n) is 3.57. The summed E-state index contributed by atoms with van der Waals surface area (Å²) in [4.78, 5) is 7.83. The fraction of sp³-hybridized carbons (Fsp3) is 0.0833. The lowest BCUT2D eigenvalue weighted by atomic mass is 10.3. The maximum absolute atomic E-state index is 13.0. The molecule has 0 amide bonds. The summed E-state index contributed by atoms with van der Waals surface area (Å²) < 4.78 is 18.3. The number of hydrogen-bond donors (Lipinski definition) is 1. The number of ether oxygens (including phenoxy) is 1. The van der Waals surface area contributed by atoms with Gasteiger partial charge in [-0.25, -0.2) is 9.37 Å². The first-order valence-corrected chi connectivity index (χ1v) is 5.07. The molecule has 0 spiro atoms. The summed E-state index contributed by atoms with van der Waals surface area (Å²) in [7, 11) is 0. The molecule has 90 valence electrons. The summed E-state index contributed by atoms with van der Waals surface area (Å²) in [6.45, 7) is 1.70. The van der Waals surface area contributed by atoms with Gasteiger partial charge < -0.3 is 10.5 Å². The van der Waals surface area contributed by atoms with Crippen LogP contribution in [0.1, 0.15) is 11.4 Å². The van der Waals surface area contributed by atoms with Gasteiger partial charge in [0.25, 0.3) is 0 Å². The maximum Gasteiger partial charge on any atom is 0.323 e. The SMILES string of the molecule is Cc1cc(C#N)nc(Oc2cc(F)ccc2N)n1. The Morgan fingerprint density at radius 1 is 1.33 bits per heavy atom. The average molecular weight is 244 g/mol. The van der Waals surface area contributed by atoms with Crippen LogP contribution in [0.2, 0.25) is 0 Å². The third-order valence-corrected chi connectivity index (χ3v) is 2.13. The zero-order valence-corrected chi connectivity index (χ0v) is 9.51. The minimum absolute atomic E-state index is 0.0381. The van der Waals surface area contributed by atoms with Gasteiger partial charge in [-0.2, -0.15) is 10.2 Å². The van der Waals surface area contributed by atoms with Crippen LogP contribution in [0.15, 0.2) is 24.3 Å². The molecule has 0 aliphatic rings. The highest BCUT2D eigenvalue weighted by atomic mass is 19.1. The Kier molecular flexibility index (Phi) is 3.06. The topological polar surface area (TPSA) is 84.8 Å². The standard InChI is InChI=1S/C12H9FN4O/c1-7-4-9(6-14)17-12(16-7)18-11-5-8(13)2-3-10(11)15/h2-5H,15H2,1H3. The predicted molar refractivity (Wildman–Crippen MR) is 62.4 cm³/mol. The average Bonchev–Trinajstić information content (AvgIpc) is 2.33. The van der Waals surface area contributed by atoms with Crippen LogP contribution in [-0.4, -0.2) is 9.97 Å². The molecule has 0 fully saturated rings. The van der Waals surface area contributed by atoms with E-state index in [1.54, 1.807) is 6.92 Å². The van der Waals surface area contributed by atoms with E-state index in [-0.39, 0.29) is 23.1 Å². The highest BCUT2D eigenvalue weighted by Crippen LogP contribution is 2.26. The highest BCUT2D eigenvalue weighted by Gasteiger charge is 2.08. The first-order chi connectivity index (χ1) is 8.58. The lowest BCUT2D eigenvalue weighted by molar-refractivity contribution is 0.438. The number of nitrogens with two attached hydrogens (primary N) is 1. The number of anilines is 1. The summed E-state index contributed by atoms with van der Waals surface area (Å²) in [5.74, 6) is -0.364. The number of hydrogen-bond acceptors (Lipinski definition) is 5. The summed E-state index contributed by atoms with van der Waals surface area (Å²) in [5, 5.41) is 8.77. The molecule has 0 atom stereocenters. The van der Waals surface area contributed by atoms with Gasteiger partial charge in [0, 0.05) is 11.8 Å². The monoisotopic (exact) mass is 244 g/mol. The molecule has 6 heteroatoms. The number of aromatic nitrogens is 2. The third-order valence-electron chi connectivity index (χ3n) is 2.13. The molecule has 0 aliphatic heterocycles. The van der Waals surface area contributed by atoms with Crippen LogP contribution in [0.4, 0.5) is 10.1 Å². The van der Waals surface area contributed by atoms with E-state index in [0.717, 1.165) is 6.07 Å². The van der Waals surface area contributed by atoms with E-state index >= 15 is 0 Å². The lowest BCUT2D eigenvalue weighted by Crippen LogP contribution is -1.99. The Balaban J connectivity index is 2.37. The van der Waals surface area contributed by atoms with Crippen molar-refractivity contribution < 1.29 is 9.13 Å². The molecule has 1 aromatic heterocycles. The van der Waals surface area contributed by atoms with Gasteiger partial charge in [0.1, 0.15) is 17.6 Å². The normalized spacial score (nSPS) is 9.83. The first kappa shape index (κ1) is 11.8. The van der Waals surface area contributed by atoms with Crippen LogP contribution in [0.25, 0.3) is 0 Å². The third kappa shape index (κ3) is 2.52. The molecule has 0 saturated heterocycles. The van der Waals surface area contributed by atoms with E-state index in [4.69, 9.17) is 15.7 Å². The van der Waals surface area contributed by atoms with Gasteiger partial charge in [0.2, 0.25) is 0 Å². The van der Waals surface area contributed by atoms with E-state index in [9.17, 15) is 4.39 Å². The molecule has 1 aromatic carbocycles. The van der Waals surface area contributed by atoms with E-state index in [2.05, 4.69) is 9.97 Å². The molecular weight excluding hydrogens is 235 g/mol. The molecule has 5 nitrogen and oxygen atoms in total. The van der Waals surface area contributed by atoms with Gasteiger partial charge in [0.05, 0.1) is 5.69 Å². The zero-order valence-electron chi connectivity index (χ0n) is 9.51. The van der Waals surface area contributed by atoms with Crippen LogP contribution in [0.3, 0.4) is 0 Å². The van der Waals surface area contributed by atoms with Gasteiger partial charge >= 0.3 is 6.01 Å². The Bertz CT molecular complexity index is 636. The highest BCUT2D eigenvalue weighted by molar-refractivity contribution is 5.53. The van der Waals surface area contributed by atoms with E-state index in [1.807, 2.05) is 6.07 Å². The van der Waals surface area contributed by atoms with E-state index < -0.39 is 5.82 Å². The van der Waals surface area contributed by atoms with Gasteiger partial charge in [-0.15, -0.1) is 0 Å². The summed E-state index contributed by atoms with van der Waals surface area (Å²) >= 11 is 0. The number of benzene rings is 1. The van der Waals surface area contributed by atoms with Crippen molar-refractivity contribution >= 4 is 5.69 Å². The van der Waals surface area contributed by atoms with Crippen molar-refractivity contribution in [2.75, 3.05) is 5.73 Å². The van der Waals surface area contributed by atoms with Crippen LogP contribution in [0.5, 0.6) is 11.8 Å². The molecule has 0 radical (unpaired) electrons. The molecule has 18 heavy (non-hydrogen) atoms. The first-order valence-electron chi connectivity index (χ1n) is 5.07. The number of halogens is 1. The number of rotatable bonds is 2. The molecule has 0 aliphatic carbocycles. The Morgan fingerprint density at radius 3 is 2.83 bits per heavy atom. The molecule has 0 unspecified atom stereocenters. The number of nitrogens with zero attached hydrogens (tertiary/aromatic N) is 3. The maximum atomic E-state index is 13.0. The Hall–Kier alpha value is -2.68. The van der Waals surface area contributed by atoms with Crippen molar-refractivity contribution in [3.05, 3.63) is 41.5 Å². The van der Waals surface area contributed by atoms with Crippen molar-refractivity contribution in [1.29, 1.82) is 5.26 Å². The van der Waals surface area contributed by atoms with Crippen molar-refractivity contribution in [1.82, 2.24) is 9.97 Å². The minimum Gasteiger partial charge on any atom is -0.422 e. The zero-order chi connectivity index (χ0) is 13.1. The summed E-state index contributed by atoms with van der Waals surface area (Å²) in [5.41, 5.74) is 6.65. The minimum atomic E-state index is -0.479. The predicted octanol–water partition coefficient (Wildman–Crippen LogP) is 2.17. The lowest BCUT2D eigenvalue weighted by Gasteiger charge is -2.07. The van der Waals surface area contributed by atoms with Crippen molar-refractivity contribution in [3.63, 3.8) is 0 Å². The van der Waals surface area contributed by atoms with Gasteiger partial charge in [0.15, 0.2) is 5.75 Å². The molecule has 0 saturated carbocycles. The smallest absolute Gasteiger partial charge is 0.323 e. The Labute approximate surface area is 103 Å². The van der Waals surface area contributed by atoms with Crippen LogP contribution < -0.4 is 10.5 Å². The van der Waals surface area contributed by atoms with Crippen LogP contribution in [0, 0.1) is 24.1 Å². The number of nitriles is 1. The quantitative estimate of drug-likeness (QED) is 0.818. The molecule has 0 bridgehead atoms. The second kappa shape index (κ2) is 4.67. The number of aryl methyl sites for hydroxylation is 1. The van der Waals surface area contributed by atoms with Crippen LogP contribution >= 0.6 is 0 Å². The van der Waals surface area contributed by atoms with Crippen LogP contribution in [-0.2, 0) is 0 Å². The van der Waals surface area contributed by atoms with Gasteiger partial charge in [-0.05, 0) is 25.1 Å². The van der Waals surface area contributed by atoms with E-state index in [0.29, 0.717) is 5.69 Å².